The Morgan fingerprint density at radius 3 is 2.80 bits per heavy atom. The molecule has 20 heavy (non-hydrogen) atoms. The molecule has 0 bridgehead atoms. The summed E-state index contributed by atoms with van der Waals surface area (Å²) in [6.07, 6.45) is 3.03. The smallest absolute Gasteiger partial charge is 0.244 e. The summed E-state index contributed by atoms with van der Waals surface area (Å²) in [6, 6.07) is 1.69. The summed E-state index contributed by atoms with van der Waals surface area (Å²) < 4.78 is 27.1. The van der Waals surface area contributed by atoms with Crippen molar-refractivity contribution in [2.24, 2.45) is 17.6 Å². The zero-order valence-electron chi connectivity index (χ0n) is 12.2. The lowest BCUT2D eigenvalue weighted by Crippen LogP contribution is -2.32. The number of nitrogens with zero attached hydrogens (tertiary/aromatic N) is 1. The molecule has 1 aromatic rings. The van der Waals surface area contributed by atoms with E-state index in [2.05, 4.69) is 13.8 Å². The highest BCUT2D eigenvalue weighted by atomic mass is 32.2. The average Bonchev–Trinajstić information content (AvgIpc) is 2.74. The van der Waals surface area contributed by atoms with Crippen molar-refractivity contribution in [2.45, 2.75) is 44.6 Å². The minimum Gasteiger partial charge on any atom is -0.326 e. The zero-order valence-corrected chi connectivity index (χ0v) is 13.8. The molecule has 0 aromatic carbocycles. The molecule has 2 heterocycles. The van der Waals surface area contributed by atoms with E-state index in [0.717, 1.165) is 24.1 Å². The van der Waals surface area contributed by atoms with Crippen LogP contribution in [0.2, 0.25) is 0 Å². The van der Waals surface area contributed by atoms with Crippen LogP contribution in [0.15, 0.2) is 16.3 Å². The van der Waals surface area contributed by atoms with Crippen LogP contribution in [0.3, 0.4) is 0 Å². The first-order chi connectivity index (χ1) is 9.46. The number of hydrogen-bond donors (Lipinski definition) is 1. The fourth-order valence-corrected chi connectivity index (χ4v) is 5.65. The molecule has 0 radical (unpaired) electrons. The average molecular weight is 316 g/mol. The van der Waals surface area contributed by atoms with Crippen LogP contribution in [-0.2, 0) is 16.6 Å². The summed E-state index contributed by atoms with van der Waals surface area (Å²) >= 11 is 1.42. The van der Waals surface area contributed by atoms with Gasteiger partial charge in [-0.2, -0.15) is 4.31 Å². The van der Waals surface area contributed by atoms with E-state index in [0.29, 0.717) is 29.8 Å². The van der Waals surface area contributed by atoms with Gasteiger partial charge >= 0.3 is 0 Å². The molecule has 1 saturated heterocycles. The maximum atomic E-state index is 12.7. The number of sulfonamides is 1. The third-order valence-corrected chi connectivity index (χ3v) is 7.24. The number of thiophene rings is 1. The molecule has 1 fully saturated rings. The van der Waals surface area contributed by atoms with Gasteiger partial charge in [-0.15, -0.1) is 11.3 Å². The van der Waals surface area contributed by atoms with Gasteiger partial charge in [-0.05, 0) is 42.5 Å². The Kier molecular flexibility index (Phi) is 5.23. The second-order valence-corrected chi connectivity index (χ2v) is 8.66. The summed E-state index contributed by atoms with van der Waals surface area (Å²) in [5.41, 5.74) is 5.64. The van der Waals surface area contributed by atoms with Gasteiger partial charge in [0.15, 0.2) is 0 Å². The molecular weight excluding hydrogens is 292 g/mol. The van der Waals surface area contributed by atoms with Gasteiger partial charge in [0.2, 0.25) is 10.0 Å². The lowest BCUT2D eigenvalue weighted by Gasteiger charge is -2.21. The van der Waals surface area contributed by atoms with E-state index in [1.165, 1.54) is 11.3 Å². The predicted molar refractivity (Wildman–Crippen MR) is 83.1 cm³/mol. The molecule has 1 atom stereocenters. The molecule has 1 aliphatic rings. The van der Waals surface area contributed by atoms with Crippen molar-refractivity contribution < 1.29 is 8.42 Å². The molecule has 1 aromatic heterocycles. The van der Waals surface area contributed by atoms with Gasteiger partial charge in [-0.1, -0.05) is 13.8 Å². The quantitative estimate of drug-likeness (QED) is 0.929. The fraction of sp³-hybridized carbons (Fsp3) is 0.714. The molecule has 0 saturated carbocycles. The van der Waals surface area contributed by atoms with Crippen molar-refractivity contribution >= 4 is 21.4 Å². The summed E-state index contributed by atoms with van der Waals surface area (Å²) in [6.45, 7) is 5.99. The molecule has 1 unspecified atom stereocenters. The summed E-state index contributed by atoms with van der Waals surface area (Å²) in [5, 5.41) is 1.81. The zero-order chi connectivity index (χ0) is 14.8. The molecule has 0 spiro atoms. The van der Waals surface area contributed by atoms with E-state index in [1.54, 1.807) is 10.4 Å². The first-order valence-electron chi connectivity index (χ1n) is 7.23. The Labute approximate surface area is 126 Å². The first-order valence-corrected chi connectivity index (χ1v) is 9.55. The predicted octanol–water partition coefficient (Wildman–Crippen LogP) is 2.65. The standard InChI is InChI=1S/C14H24N2O2S2/c1-11(2)12-4-3-7-16(8-5-12)20(17,18)14-6-9-19-13(14)10-15/h6,9,11-12H,3-5,7-8,10,15H2,1-2H3. The van der Waals surface area contributed by atoms with Crippen molar-refractivity contribution in [2.75, 3.05) is 13.1 Å². The van der Waals surface area contributed by atoms with E-state index >= 15 is 0 Å². The van der Waals surface area contributed by atoms with Gasteiger partial charge in [0.25, 0.3) is 0 Å². The lowest BCUT2D eigenvalue weighted by atomic mass is 9.89. The largest absolute Gasteiger partial charge is 0.326 e. The molecule has 2 N–H and O–H groups in total. The second-order valence-electron chi connectivity index (χ2n) is 5.75. The Hall–Kier alpha value is -0.430. The minimum absolute atomic E-state index is 0.286. The summed E-state index contributed by atoms with van der Waals surface area (Å²) in [7, 11) is -3.37. The number of rotatable bonds is 4. The Bertz CT molecular complexity index is 537. The van der Waals surface area contributed by atoms with E-state index in [-0.39, 0.29) is 6.54 Å². The fourth-order valence-electron chi connectivity index (χ4n) is 2.85. The second kappa shape index (κ2) is 6.56. The minimum atomic E-state index is -3.37. The highest BCUT2D eigenvalue weighted by Crippen LogP contribution is 2.30. The maximum Gasteiger partial charge on any atom is 0.244 e. The van der Waals surface area contributed by atoms with Gasteiger partial charge in [0.05, 0.1) is 4.90 Å². The van der Waals surface area contributed by atoms with Crippen molar-refractivity contribution in [3.63, 3.8) is 0 Å². The van der Waals surface area contributed by atoms with E-state index in [1.807, 2.05) is 5.38 Å². The van der Waals surface area contributed by atoms with Crippen LogP contribution in [0, 0.1) is 11.8 Å². The van der Waals surface area contributed by atoms with E-state index in [9.17, 15) is 8.42 Å². The van der Waals surface area contributed by atoms with Crippen molar-refractivity contribution in [1.29, 1.82) is 0 Å². The monoisotopic (exact) mass is 316 g/mol. The third-order valence-electron chi connectivity index (χ3n) is 4.18. The van der Waals surface area contributed by atoms with Crippen LogP contribution >= 0.6 is 11.3 Å². The van der Waals surface area contributed by atoms with Gasteiger partial charge in [-0.3, -0.25) is 0 Å². The van der Waals surface area contributed by atoms with Crippen molar-refractivity contribution in [3.8, 4) is 0 Å². The van der Waals surface area contributed by atoms with Crippen LogP contribution in [0.5, 0.6) is 0 Å². The van der Waals surface area contributed by atoms with Crippen LogP contribution in [0.25, 0.3) is 0 Å². The van der Waals surface area contributed by atoms with Gasteiger partial charge in [-0.25, -0.2) is 8.42 Å². The van der Waals surface area contributed by atoms with E-state index < -0.39 is 10.0 Å². The molecule has 0 aliphatic carbocycles. The molecule has 1 aliphatic heterocycles. The number of nitrogens with two attached hydrogens (primary N) is 1. The highest BCUT2D eigenvalue weighted by molar-refractivity contribution is 7.89. The molecule has 2 rings (SSSR count). The topological polar surface area (TPSA) is 63.4 Å². The SMILES string of the molecule is CC(C)C1CCCN(S(=O)(=O)c2ccsc2CN)CC1. The molecule has 0 amide bonds. The first kappa shape index (κ1) is 15.9. The molecule has 4 nitrogen and oxygen atoms in total. The Morgan fingerprint density at radius 2 is 2.15 bits per heavy atom. The van der Waals surface area contributed by atoms with Gasteiger partial charge in [0.1, 0.15) is 0 Å². The Morgan fingerprint density at radius 1 is 1.40 bits per heavy atom. The van der Waals surface area contributed by atoms with Crippen LogP contribution in [0.4, 0.5) is 0 Å². The van der Waals surface area contributed by atoms with Gasteiger partial charge < -0.3 is 5.73 Å². The molecular formula is C14H24N2O2S2. The van der Waals surface area contributed by atoms with Crippen LogP contribution < -0.4 is 5.73 Å². The molecule has 114 valence electrons. The third kappa shape index (κ3) is 3.24. The lowest BCUT2D eigenvalue weighted by molar-refractivity contribution is 0.340. The van der Waals surface area contributed by atoms with Crippen molar-refractivity contribution in [1.82, 2.24) is 4.31 Å². The molecule has 6 heteroatoms. The Balaban J connectivity index is 2.18. The van der Waals surface area contributed by atoms with Crippen molar-refractivity contribution in [3.05, 3.63) is 16.3 Å². The van der Waals surface area contributed by atoms with Gasteiger partial charge in [0, 0.05) is 24.5 Å². The van der Waals surface area contributed by atoms with Crippen LogP contribution in [-0.4, -0.2) is 25.8 Å². The maximum absolute atomic E-state index is 12.7. The number of hydrogen-bond acceptors (Lipinski definition) is 4. The summed E-state index contributed by atoms with van der Waals surface area (Å²) in [4.78, 5) is 1.17. The van der Waals surface area contributed by atoms with Crippen LogP contribution in [0.1, 0.15) is 38.0 Å². The normalized spacial score (nSPS) is 22.1. The summed E-state index contributed by atoms with van der Waals surface area (Å²) in [5.74, 6) is 1.25. The highest BCUT2D eigenvalue weighted by Gasteiger charge is 2.30. The van der Waals surface area contributed by atoms with E-state index in [4.69, 9.17) is 5.73 Å².